The van der Waals surface area contributed by atoms with E-state index in [0.717, 1.165) is 16.7 Å². The summed E-state index contributed by atoms with van der Waals surface area (Å²) in [5.41, 5.74) is 1.47. The number of methoxy groups -OCH3 is 1. The van der Waals surface area contributed by atoms with E-state index >= 15 is 0 Å². The molecule has 1 amide bonds. The van der Waals surface area contributed by atoms with Gasteiger partial charge < -0.3 is 28.7 Å². The molecule has 0 aliphatic heterocycles. The Kier molecular flexibility index (Phi) is 6.86. The van der Waals surface area contributed by atoms with Crippen molar-refractivity contribution in [2.24, 2.45) is 0 Å². The van der Waals surface area contributed by atoms with Crippen LogP contribution in [0.3, 0.4) is 0 Å². The van der Waals surface area contributed by atoms with Crippen LogP contribution in [-0.4, -0.2) is 38.6 Å². The number of rotatable bonds is 10. The van der Waals surface area contributed by atoms with E-state index in [9.17, 15) is 9.59 Å². The van der Waals surface area contributed by atoms with Crippen molar-refractivity contribution in [2.75, 3.05) is 20.3 Å². The van der Waals surface area contributed by atoms with Crippen molar-refractivity contribution in [2.45, 2.75) is 19.6 Å². The molecule has 152 valence electrons. The number of furan rings is 1. The number of carbonyl (C=O) groups excluding carboxylic acids is 2. The molecule has 1 N–H and O–H groups in total. The lowest BCUT2D eigenvalue weighted by molar-refractivity contribution is -0.110. The summed E-state index contributed by atoms with van der Waals surface area (Å²) >= 11 is 0. The predicted octanol–water partition coefficient (Wildman–Crippen LogP) is 3.35. The third-order valence-corrected chi connectivity index (χ3v) is 4.20. The lowest BCUT2D eigenvalue weighted by Gasteiger charge is -2.13. The first-order valence-corrected chi connectivity index (χ1v) is 9.26. The Bertz CT molecular complexity index is 980. The molecule has 29 heavy (non-hydrogen) atoms. The van der Waals surface area contributed by atoms with Crippen molar-refractivity contribution in [3.05, 3.63) is 59.9 Å². The molecule has 1 aromatic heterocycles. The normalized spacial score (nSPS) is 11.8. The van der Waals surface area contributed by atoms with Crippen molar-refractivity contribution in [3.8, 4) is 11.5 Å². The second-order valence-corrected chi connectivity index (χ2v) is 6.33. The van der Waals surface area contributed by atoms with Crippen LogP contribution in [0, 0.1) is 0 Å². The molecule has 0 spiro atoms. The molecule has 1 unspecified atom stereocenters. The number of amides is 1. The van der Waals surface area contributed by atoms with Gasteiger partial charge in [0.2, 0.25) is 0 Å². The molecular formula is C22H23NO6. The molecule has 1 atom stereocenters. The number of aldehydes is 1. The van der Waals surface area contributed by atoms with Crippen LogP contribution in [0.1, 0.15) is 23.0 Å². The summed E-state index contributed by atoms with van der Waals surface area (Å²) in [5, 5.41) is 3.35. The van der Waals surface area contributed by atoms with Gasteiger partial charge in [0.15, 0.2) is 5.76 Å². The third kappa shape index (κ3) is 5.36. The summed E-state index contributed by atoms with van der Waals surface area (Å²) in [6, 6.07) is 13.6. The van der Waals surface area contributed by atoms with E-state index in [4.69, 9.17) is 18.6 Å². The molecule has 3 aromatic rings. The number of hydrogen-bond donors (Lipinski definition) is 1. The Hall–Kier alpha value is -3.32. The highest BCUT2D eigenvalue weighted by molar-refractivity contribution is 5.97. The highest BCUT2D eigenvalue weighted by Gasteiger charge is 2.17. The molecule has 0 radical (unpaired) electrons. The van der Waals surface area contributed by atoms with Crippen molar-refractivity contribution < 1.29 is 28.2 Å². The number of carbonyl (C=O) groups is 2. The summed E-state index contributed by atoms with van der Waals surface area (Å²) in [5.74, 6) is 1.05. The van der Waals surface area contributed by atoms with Gasteiger partial charge in [-0.25, -0.2) is 0 Å². The zero-order chi connectivity index (χ0) is 20.6. The topological polar surface area (TPSA) is 87.0 Å². The van der Waals surface area contributed by atoms with Gasteiger partial charge in [-0.3, -0.25) is 4.79 Å². The summed E-state index contributed by atoms with van der Waals surface area (Å²) in [7, 11) is 1.57. The van der Waals surface area contributed by atoms with Crippen LogP contribution in [0.15, 0.2) is 52.9 Å². The largest absolute Gasteiger partial charge is 0.497 e. The molecule has 0 aliphatic rings. The fourth-order valence-electron chi connectivity index (χ4n) is 2.81. The Morgan fingerprint density at radius 2 is 2.03 bits per heavy atom. The SMILES string of the molecule is CCOc1cccc(COCC(C=O)NC(=O)c2cc3cc(OC)ccc3o2)c1. The molecule has 7 heteroatoms. The maximum Gasteiger partial charge on any atom is 0.287 e. The van der Waals surface area contributed by atoms with E-state index in [2.05, 4.69) is 5.32 Å². The lowest BCUT2D eigenvalue weighted by atomic mass is 10.2. The molecule has 0 fully saturated rings. The molecule has 0 aliphatic carbocycles. The first kappa shape index (κ1) is 20.4. The summed E-state index contributed by atoms with van der Waals surface area (Å²) in [4.78, 5) is 23.8. The first-order chi connectivity index (χ1) is 14.1. The fraction of sp³-hybridized carbons (Fsp3) is 0.273. The van der Waals surface area contributed by atoms with Crippen LogP contribution < -0.4 is 14.8 Å². The third-order valence-electron chi connectivity index (χ3n) is 4.20. The minimum absolute atomic E-state index is 0.0438. The van der Waals surface area contributed by atoms with Crippen LogP contribution in [-0.2, 0) is 16.1 Å². The van der Waals surface area contributed by atoms with E-state index in [1.54, 1.807) is 31.4 Å². The van der Waals surface area contributed by atoms with Crippen LogP contribution in [0.25, 0.3) is 11.0 Å². The molecule has 2 aromatic carbocycles. The second kappa shape index (κ2) is 9.75. The molecule has 7 nitrogen and oxygen atoms in total. The van der Waals surface area contributed by atoms with Gasteiger partial charge in [0.05, 0.1) is 26.9 Å². The van der Waals surface area contributed by atoms with Gasteiger partial charge >= 0.3 is 0 Å². The zero-order valence-electron chi connectivity index (χ0n) is 16.3. The average Bonchev–Trinajstić information content (AvgIpc) is 3.17. The standard InChI is InChI=1S/C22H23NO6/c1-3-28-19-6-4-5-15(9-19)13-27-14-17(12-24)23-22(25)21-11-16-10-18(26-2)7-8-20(16)29-21/h4-12,17H,3,13-14H2,1-2H3,(H,23,25). The lowest BCUT2D eigenvalue weighted by Crippen LogP contribution is -2.39. The number of fused-ring (bicyclic) bond motifs is 1. The van der Waals surface area contributed by atoms with Crippen molar-refractivity contribution in [3.63, 3.8) is 0 Å². The van der Waals surface area contributed by atoms with Crippen molar-refractivity contribution in [1.29, 1.82) is 0 Å². The Morgan fingerprint density at radius 1 is 1.17 bits per heavy atom. The number of nitrogens with one attached hydrogen (secondary N) is 1. The van der Waals surface area contributed by atoms with Gasteiger partial charge in [0, 0.05) is 5.39 Å². The van der Waals surface area contributed by atoms with Gasteiger partial charge in [-0.2, -0.15) is 0 Å². The van der Waals surface area contributed by atoms with Gasteiger partial charge in [-0.15, -0.1) is 0 Å². The maximum absolute atomic E-state index is 12.4. The number of benzene rings is 2. The number of hydrogen-bond acceptors (Lipinski definition) is 6. The zero-order valence-corrected chi connectivity index (χ0v) is 16.3. The quantitative estimate of drug-likeness (QED) is 0.528. The van der Waals surface area contributed by atoms with E-state index in [0.29, 0.717) is 30.8 Å². The molecular weight excluding hydrogens is 374 g/mol. The smallest absolute Gasteiger partial charge is 0.287 e. The monoisotopic (exact) mass is 397 g/mol. The van der Waals surface area contributed by atoms with Crippen LogP contribution in [0.4, 0.5) is 0 Å². The summed E-state index contributed by atoms with van der Waals surface area (Å²) in [6.45, 7) is 2.84. The Morgan fingerprint density at radius 3 is 2.79 bits per heavy atom. The highest BCUT2D eigenvalue weighted by atomic mass is 16.5. The Balaban J connectivity index is 1.56. The van der Waals surface area contributed by atoms with Crippen molar-refractivity contribution in [1.82, 2.24) is 5.32 Å². The average molecular weight is 397 g/mol. The minimum Gasteiger partial charge on any atom is -0.497 e. The van der Waals surface area contributed by atoms with Crippen LogP contribution in [0.2, 0.25) is 0 Å². The molecule has 3 rings (SSSR count). The highest BCUT2D eigenvalue weighted by Crippen LogP contribution is 2.24. The van der Waals surface area contributed by atoms with Gasteiger partial charge in [0.1, 0.15) is 29.4 Å². The maximum atomic E-state index is 12.4. The minimum atomic E-state index is -0.791. The second-order valence-electron chi connectivity index (χ2n) is 6.33. The van der Waals surface area contributed by atoms with E-state index in [1.165, 1.54) is 0 Å². The van der Waals surface area contributed by atoms with Gasteiger partial charge in [0.25, 0.3) is 5.91 Å². The predicted molar refractivity (Wildman–Crippen MR) is 107 cm³/mol. The van der Waals surface area contributed by atoms with Gasteiger partial charge in [-0.1, -0.05) is 12.1 Å². The molecule has 0 saturated carbocycles. The molecule has 0 bridgehead atoms. The number of ether oxygens (including phenoxy) is 3. The summed E-state index contributed by atoms with van der Waals surface area (Å²) in [6.07, 6.45) is 0.639. The van der Waals surface area contributed by atoms with E-state index < -0.39 is 11.9 Å². The van der Waals surface area contributed by atoms with Crippen LogP contribution in [0.5, 0.6) is 11.5 Å². The Labute approximate surface area is 168 Å². The van der Waals surface area contributed by atoms with E-state index in [1.807, 2.05) is 31.2 Å². The molecule has 1 heterocycles. The van der Waals surface area contributed by atoms with Crippen molar-refractivity contribution >= 4 is 23.2 Å². The molecule has 0 saturated heterocycles. The fourth-order valence-corrected chi connectivity index (χ4v) is 2.81. The van der Waals surface area contributed by atoms with Crippen LogP contribution >= 0.6 is 0 Å². The van der Waals surface area contributed by atoms with Gasteiger partial charge in [-0.05, 0) is 48.9 Å². The summed E-state index contributed by atoms with van der Waals surface area (Å²) < 4.78 is 21.7. The van der Waals surface area contributed by atoms with E-state index in [-0.39, 0.29) is 12.4 Å². The first-order valence-electron chi connectivity index (χ1n) is 9.26.